The van der Waals surface area contributed by atoms with Gasteiger partial charge in [0.15, 0.2) is 0 Å². The number of nitrogens with zero attached hydrogens (tertiary/aromatic N) is 4. The zero-order valence-electron chi connectivity index (χ0n) is 19.9. The Kier molecular flexibility index (Phi) is 8.40. The highest BCUT2D eigenvalue weighted by Gasteiger charge is 2.33. The van der Waals surface area contributed by atoms with E-state index >= 15 is 0 Å². The Morgan fingerprint density at radius 3 is 2.33 bits per heavy atom. The van der Waals surface area contributed by atoms with Crippen LogP contribution in [0.2, 0.25) is 5.02 Å². The molecule has 0 unspecified atom stereocenters. The van der Waals surface area contributed by atoms with Gasteiger partial charge in [-0.3, -0.25) is 9.78 Å². The van der Waals surface area contributed by atoms with Gasteiger partial charge in [-0.1, -0.05) is 23.7 Å². The molecule has 2 aromatic carbocycles. The number of piperidine rings is 1. The van der Waals surface area contributed by atoms with Crippen LogP contribution in [0.5, 0.6) is 0 Å². The molecular weight excluding hydrogens is 519 g/mol. The van der Waals surface area contributed by atoms with Gasteiger partial charge in [-0.25, -0.2) is 8.42 Å². The lowest BCUT2D eigenvalue weighted by Gasteiger charge is -2.36. The predicted molar refractivity (Wildman–Crippen MR) is 145 cm³/mol. The van der Waals surface area contributed by atoms with Crippen molar-refractivity contribution < 1.29 is 13.2 Å². The molecule has 2 aliphatic heterocycles. The van der Waals surface area contributed by atoms with Crippen LogP contribution in [-0.2, 0) is 14.8 Å². The maximum Gasteiger partial charge on any atom is 0.243 e. The quantitative estimate of drug-likeness (QED) is 0.455. The van der Waals surface area contributed by atoms with Crippen molar-refractivity contribution in [3.05, 3.63) is 65.9 Å². The van der Waals surface area contributed by atoms with E-state index in [2.05, 4.69) is 9.88 Å². The molecule has 0 bridgehead atoms. The molecule has 1 aromatic heterocycles. The first kappa shape index (κ1) is 26.7. The zero-order valence-corrected chi connectivity index (χ0v) is 22.3. The van der Waals surface area contributed by atoms with E-state index < -0.39 is 10.0 Å². The topological polar surface area (TPSA) is 73.8 Å². The lowest BCUT2D eigenvalue weighted by molar-refractivity contribution is -0.134. The maximum atomic E-state index is 13.2. The molecule has 7 nitrogen and oxygen atoms in total. The minimum Gasteiger partial charge on any atom is -0.371 e. The SMILES string of the molecule is Cl.O=C1CN(S(=O)(=O)c2ccc3cc(Cl)ccc3c2)CCN1CCC1CCN(c2ccncc2)CC1. The summed E-state index contributed by atoms with van der Waals surface area (Å²) >= 11 is 6.03. The van der Waals surface area contributed by atoms with E-state index in [4.69, 9.17) is 11.6 Å². The van der Waals surface area contributed by atoms with Crippen LogP contribution < -0.4 is 4.90 Å². The number of fused-ring (bicyclic) bond motifs is 1. The van der Waals surface area contributed by atoms with Gasteiger partial charge in [0.2, 0.25) is 15.9 Å². The van der Waals surface area contributed by atoms with Crippen molar-refractivity contribution in [1.82, 2.24) is 14.2 Å². The van der Waals surface area contributed by atoms with E-state index in [9.17, 15) is 13.2 Å². The Morgan fingerprint density at radius 1 is 0.917 bits per heavy atom. The van der Waals surface area contributed by atoms with Gasteiger partial charge in [-0.15, -0.1) is 12.4 Å². The Hall–Kier alpha value is -2.39. The summed E-state index contributed by atoms with van der Waals surface area (Å²) in [4.78, 5) is 21.3. The Morgan fingerprint density at radius 2 is 1.61 bits per heavy atom. The molecule has 36 heavy (non-hydrogen) atoms. The van der Waals surface area contributed by atoms with Crippen LogP contribution in [0.25, 0.3) is 10.8 Å². The number of hydrogen-bond acceptors (Lipinski definition) is 5. The summed E-state index contributed by atoms with van der Waals surface area (Å²) in [5, 5.41) is 2.29. The molecule has 1 amide bonds. The lowest BCUT2D eigenvalue weighted by Crippen LogP contribution is -2.52. The first-order valence-electron chi connectivity index (χ1n) is 12.0. The molecular formula is C26H30Cl2N4O3S. The Labute approximate surface area is 223 Å². The summed E-state index contributed by atoms with van der Waals surface area (Å²) in [6.07, 6.45) is 6.79. The van der Waals surface area contributed by atoms with Gasteiger partial charge in [0.1, 0.15) is 0 Å². The first-order valence-corrected chi connectivity index (χ1v) is 13.8. The van der Waals surface area contributed by atoms with E-state index in [1.807, 2.05) is 29.4 Å². The number of amides is 1. The highest BCUT2D eigenvalue weighted by Crippen LogP contribution is 2.27. The van der Waals surface area contributed by atoms with Crippen LogP contribution in [0.15, 0.2) is 65.8 Å². The maximum absolute atomic E-state index is 13.2. The van der Waals surface area contributed by atoms with Crippen molar-refractivity contribution in [3.63, 3.8) is 0 Å². The van der Waals surface area contributed by atoms with Gasteiger partial charge in [-0.2, -0.15) is 4.31 Å². The van der Waals surface area contributed by atoms with Crippen LogP contribution >= 0.6 is 24.0 Å². The number of piperazine rings is 1. The number of carbonyl (C=O) groups is 1. The van der Waals surface area contributed by atoms with Crippen molar-refractivity contribution in [3.8, 4) is 0 Å². The van der Waals surface area contributed by atoms with Gasteiger partial charge in [0.25, 0.3) is 0 Å². The molecule has 0 atom stereocenters. The lowest BCUT2D eigenvalue weighted by atomic mass is 9.93. The molecule has 2 fully saturated rings. The Balaban J connectivity index is 0.00000304. The normalized spacial score (nSPS) is 17.9. The number of rotatable bonds is 6. The summed E-state index contributed by atoms with van der Waals surface area (Å²) in [5.74, 6) is 0.454. The molecule has 0 radical (unpaired) electrons. The van der Waals surface area contributed by atoms with E-state index in [-0.39, 0.29) is 29.8 Å². The number of benzene rings is 2. The molecule has 3 aromatic rings. The van der Waals surface area contributed by atoms with Gasteiger partial charge >= 0.3 is 0 Å². The molecule has 0 spiro atoms. The average Bonchev–Trinajstić information content (AvgIpc) is 2.88. The fourth-order valence-corrected chi connectivity index (χ4v) is 6.60. The fraction of sp³-hybridized carbons (Fsp3) is 0.385. The highest BCUT2D eigenvalue weighted by atomic mass is 35.5. The minimum absolute atomic E-state index is 0. The number of pyridine rings is 1. The zero-order chi connectivity index (χ0) is 24.4. The largest absolute Gasteiger partial charge is 0.371 e. The van der Waals surface area contributed by atoms with Crippen molar-refractivity contribution in [2.45, 2.75) is 24.2 Å². The highest BCUT2D eigenvalue weighted by molar-refractivity contribution is 7.89. The summed E-state index contributed by atoms with van der Waals surface area (Å²) in [7, 11) is -3.75. The first-order chi connectivity index (χ1) is 16.9. The Bertz CT molecular complexity index is 1320. The van der Waals surface area contributed by atoms with Crippen molar-refractivity contribution in [1.29, 1.82) is 0 Å². The van der Waals surface area contributed by atoms with Crippen LogP contribution in [0, 0.1) is 5.92 Å². The molecule has 3 heterocycles. The van der Waals surface area contributed by atoms with Crippen molar-refractivity contribution in [2.75, 3.05) is 44.2 Å². The number of sulfonamides is 1. The molecule has 5 rings (SSSR count). The second-order valence-electron chi connectivity index (χ2n) is 9.30. The van der Waals surface area contributed by atoms with E-state index in [0.29, 0.717) is 30.6 Å². The number of carbonyl (C=O) groups excluding carboxylic acids is 1. The number of halogens is 2. The molecule has 0 N–H and O–H groups in total. The van der Waals surface area contributed by atoms with Crippen LogP contribution in [0.1, 0.15) is 19.3 Å². The van der Waals surface area contributed by atoms with Crippen molar-refractivity contribution in [2.24, 2.45) is 5.92 Å². The van der Waals surface area contributed by atoms with Crippen LogP contribution in [0.3, 0.4) is 0 Å². The van der Waals surface area contributed by atoms with Gasteiger partial charge in [-0.05, 0) is 72.4 Å². The number of aromatic nitrogens is 1. The molecule has 0 aliphatic carbocycles. The van der Waals surface area contributed by atoms with Gasteiger partial charge in [0, 0.05) is 55.8 Å². The summed E-state index contributed by atoms with van der Waals surface area (Å²) < 4.78 is 27.7. The number of anilines is 1. The van der Waals surface area contributed by atoms with E-state index in [1.54, 1.807) is 36.4 Å². The van der Waals surface area contributed by atoms with Gasteiger partial charge < -0.3 is 9.80 Å². The molecule has 10 heteroatoms. The third kappa shape index (κ3) is 5.78. The second-order valence-corrected chi connectivity index (χ2v) is 11.7. The molecule has 2 saturated heterocycles. The average molecular weight is 550 g/mol. The molecule has 192 valence electrons. The smallest absolute Gasteiger partial charge is 0.243 e. The fourth-order valence-electron chi connectivity index (χ4n) is 5.01. The second kappa shape index (κ2) is 11.3. The van der Waals surface area contributed by atoms with E-state index in [1.165, 1.54) is 9.99 Å². The van der Waals surface area contributed by atoms with Gasteiger partial charge in [0.05, 0.1) is 11.4 Å². The van der Waals surface area contributed by atoms with Crippen LogP contribution in [-0.4, -0.2) is 67.8 Å². The molecule has 2 aliphatic rings. The minimum atomic E-state index is -3.75. The third-order valence-corrected chi connectivity index (χ3v) is 9.22. The monoisotopic (exact) mass is 548 g/mol. The standard InChI is InChI=1S/C26H29ClN4O3S.ClH/c27-23-3-1-22-18-25(4-2-21(22)17-23)35(33,34)31-16-15-30(26(32)19-31)14-9-20-7-12-29(13-8-20)24-5-10-28-11-6-24;/h1-6,10-11,17-18,20H,7-9,12-16,19H2;1H. The summed E-state index contributed by atoms with van der Waals surface area (Å²) in [5.41, 5.74) is 1.21. The third-order valence-electron chi connectivity index (χ3n) is 7.14. The van der Waals surface area contributed by atoms with Crippen molar-refractivity contribution >= 4 is 56.4 Å². The van der Waals surface area contributed by atoms with Crippen LogP contribution in [0.4, 0.5) is 5.69 Å². The number of hydrogen-bond donors (Lipinski definition) is 0. The van der Waals surface area contributed by atoms with E-state index in [0.717, 1.165) is 43.1 Å². The summed E-state index contributed by atoms with van der Waals surface area (Å²) in [6.45, 7) is 3.33. The predicted octanol–water partition coefficient (Wildman–Crippen LogP) is 4.45. The summed E-state index contributed by atoms with van der Waals surface area (Å²) in [6, 6.07) is 14.4. The molecule has 0 saturated carbocycles.